The molecule has 0 spiro atoms. The third-order valence-electron chi connectivity index (χ3n) is 0.981. The first-order chi connectivity index (χ1) is 6.64. The Kier molecular flexibility index (Phi) is 16.2. The molecular weight excluding hydrogens is 198 g/mol. The van der Waals surface area contributed by atoms with E-state index in [1.807, 2.05) is 0 Å². The van der Waals surface area contributed by atoms with Gasteiger partial charge in [-0.3, -0.25) is 0 Å². The molecule has 0 heterocycles. The number of carbonyl (C=O) groups excluding carboxylic acids is 2. The van der Waals surface area contributed by atoms with E-state index in [9.17, 15) is 9.90 Å². The van der Waals surface area contributed by atoms with Crippen LogP contribution >= 0.6 is 0 Å². The summed E-state index contributed by atoms with van der Waals surface area (Å²) in [5.41, 5.74) is 0.0648. The molecule has 5 nitrogen and oxygen atoms in total. The summed E-state index contributed by atoms with van der Waals surface area (Å²) in [6.07, 6.45) is 0. The number of hydrogen-bond acceptors (Lipinski definition) is 5. The standard InChI is InChI=1S/C4H11N.C4H6O2.C2H4O2/c1-4-5(2)3;1-3(2)4(5)6;1-2(3)4/h4H2,1-3H3;1H2,2H3,(H,5,6);1H3,(H,3,4)/p-2. The minimum absolute atomic E-state index is 0.0648. The number of aliphatic carboxylic acids is 2. The lowest BCUT2D eigenvalue weighted by Gasteiger charge is -2.00. The molecule has 0 bridgehead atoms. The number of rotatable bonds is 2. The van der Waals surface area contributed by atoms with Crippen molar-refractivity contribution in [3.05, 3.63) is 12.2 Å². The maximum atomic E-state index is 9.49. The Balaban J connectivity index is -0.000000147. The number of nitrogens with zero attached hydrogens (tertiary/aromatic N) is 1. The number of carboxylic acids is 2. The quantitative estimate of drug-likeness (QED) is 0.533. The van der Waals surface area contributed by atoms with Gasteiger partial charge in [-0.1, -0.05) is 13.5 Å². The van der Waals surface area contributed by atoms with Crippen molar-refractivity contribution in [1.82, 2.24) is 4.90 Å². The molecule has 0 amide bonds. The molecule has 0 unspecified atom stereocenters. The topological polar surface area (TPSA) is 83.5 Å². The van der Waals surface area contributed by atoms with Crippen molar-refractivity contribution in [2.24, 2.45) is 0 Å². The van der Waals surface area contributed by atoms with E-state index in [1.54, 1.807) is 0 Å². The van der Waals surface area contributed by atoms with Gasteiger partial charge in [0.05, 0.1) is 5.97 Å². The van der Waals surface area contributed by atoms with Crippen molar-refractivity contribution in [1.29, 1.82) is 0 Å². The lowest BCUT2D eigenvalue weighted by molar-refractivity contribution is -0.302. The third kappa shape index (κ3) is 66.5. The van der Waals surface area contributed by atoms with Gasteiger partial charge in [-0.15, -0.1) is 0 Å². The van der Waals surface area contributed by atoms with E-state index >= 15 is 0 Å². The summed E-state index contributed by atoms with van der Waals surface area (Å²) >= 11 is 0. The van der Waals surface area contributed by atoms with E-state index < -0.39 is 11.9 Å². The molecule has 0 aromatic heterocycles. The molecule has 0 rings (SSSR count). The first-order valence-electron chi connectivity index (χ1n) is 4.34. The molecule has 0 fully saturated rings. The van der Waals surface area contributed by atoms with Crippen molar-refractivity contribution in [2.45, 2.75) is 20.8 Å². The predicted molar refractivity (Wildman–Crippen MR) is 54.7 cm³/mol. The average Bonchev–Trinajstić information content (AvgIpc) is 2.04. The SMILES string of the molecule is C=C(C)C(=O)[O-].CC(=O)[O-].CCN(C)C. The van der Waals surface area contributed by atoms with Crippen LogP contribution in [0.5, 0.6) is 0 Å². The molecule has 15 heavy (non-hydrogen) atoms. The molecule has 0 aromatic rings. The predicted octanol–water partition coefficient (Wildman–Crippen LogP) is -1.36. The summed E-state index contributed by atoms with van der Waals surface area (Å²) in [6.45, 7) is 8.71. The van der Waals surface area contributed by atoms with Crippen LogP contribution in [0.15, 0.2) is 12.2 Å². The largest absolute Gasteiger partial charge is 0.550 e. The van der Waals surface area contributed by atoms with Gasteiger partial charge >= 0.3 is 0 Å². The lowest BCUT2D eigenvalue weighted by Crippen LogP contribution is -2.22. The normalized spacial score (nSPS) is 7.87. The summed E-state index contributed by atoms with van der Waals surface area (Å²) in [4.78, 5) is 20.5. The van der Waals surface area contributed by atoms with E-state index in [-0.39, 0.29) is 5.57 Å². The Morgan fingerprint density at radius 1 is 1.20 bits per heavy atom. The highest BCUT2D eigenvalue weighted by atomic mass is 16.4. The van der Waals surface area contributed by atoms with Gasteiger partial charge in [-0.2, -0.15) is 0 Å². The number of carboxylic acid groups (broad SMARTS) is 2. The fourth-order valence-electron chi connectivity index (χ4n) is 0. The van der Waals surface area contributed by atoms with E-state index in [1.165, 1.54) is 6.92 Å². The molecule has 0 aliphatic heterocycles. The van der Waals surface area contributed by atoms with Crippen LogP contribution in [0.2, 0.25) is 0 Å². The van der Waals surface area contributed by atoms with Gasteiger partial charge in [0.1, 0.15) is 0 Å². The summed E-state index contributed by atoms with van der Waals surface area (Å²) in [7, 11) is 4.11. The molecule has 0 N–H and O–H groups in total. The molecule has 5 heteroatoms. The zero-order valence-corrected chi connectivity index (χ0v) is 9.99. The van der Waals surface area contributed by atoms with Gasteiger partial charge in [-0.25, -0.2) is 0 Å². The second-order valence-corrected chi connectivity index (χ2v) is 2.96. The lowest BCUT2D eigenvalue weighted by atomic mass is 10.4. The highest BCUT2D eigenvalue weighted by molar-refractivity contribution is 5.82. The van der Waals surface area contributed by atoms with Crippen LogP contribution in [0.25, 0.3) is 0 Å². The molecule has 0 aliphatic carbocycles. The van der Waals surface area contributed by atoms with Crippen molar-refractivity contribution in [2.75, 3.05) is 20.6 Å². The van der Waals surface area contributed by atoms with Crippen LogP contribution in [0.4, 0.5) is 0 Å². The highest BCUT2D eigenvalue weighted by Crippen LogP contribution is 1.77. The van der Waals surface area contributed by atoms with Gasteiger partial charge in [0.25, 0.3) is 0 Å². The van der Waals surface area contributed by atoms with Crippen molar-refractivity contribution in [3.8, 4) is 0 Å². The van der Waals surface area contributed by atoms with Crippen molar-refractivity contribution >= 4 is 11.9 Å². The molecule has 0 radical (unpaired) electrons. The summed E-state index contributed by atoms with van der Waals surface area (Å²) < 4.78 is 0. The van der Waals surface area contributed by atoms with E-state index in [0.717, 1.165) is 13.5 Å². The maximum Gasteiger partial charge on any atom is 0.0666 e. The number of carbonyl (C=O) groups is 2. The van der Waals surface area contributed by atoms with Crippen LogP contribution < -0.4 is 10.2 Å². The van der Waals surface area contributed by atoms with Gasteiger partial charge in [0.15, 0.2) is 0 Å². The van der Waals surface area contributed by atoms with Crippen LogP contribution in [0.3, 0.4) is 0 Å². The van der Waals surface area contributed by atoms with E-state index in [0.29, 0.717) is 0 Å². The summed E-state index contributed by atoms with van der Waals surface area (Å²) in [5, 5.41) is 18.4. The minimum Gasteiger partial charge on any atom is -0.550 e. The molecule has 90 valence electrons. The van der Waals surface area contributed by atoms with Crippen LogP contribution in [0.1, 0.15) is 20.8 Å². The zero-order valence-electron chi connectivity index (χ0n) is 9.99. The fourth-order valence-corrected chi connectivity index (χ4v) is 0. The zero-order chi connectivity index (χ0) is 13.0. The fraction of sp³-hybridized carbons (Fsp3) is 0.600. The molecule has 0 aliphatic rings. The van der Waals surface area contributed by atoms with Gasteiger partial charge in [0.2, 0.25) is 0 Å². The second-order valence-electron chi connectivity index (χ2n) is 2.96. The molecule has 0 saturated carbocycles. The molecule has 0 aromatic carbocycles. The monoisotopic (exact) mass is 217 g/mol. The van der Waals surface area contributed by atoms with Crippen LogP contribution in [-0.2, 0) is 9.59 Å². The Hall–Kier alpha value is -1.36. The number of hydrogen-bond donors (Lipinski definition) is 0. The van der Waals surface area contributed by atoms with Crippen LogP contribution in [-0.4, -0.2) is 37.5 Å². The average molecular weight is 217 g/mol. The van der Waals surface area contributed by atoms with Gasteiger partial charge in [-0.05, 0) is 40.1 Å². The Labute approximate surface area is 91.0 Å². The smallest absolute Gasteiger partial charge is 0.0666 e. The van der Waals surface area contributed by atoms with Gasteiger partial charge < -0.3 is 24.7 Å². The summed E-state index contributed by atoms with van der Waals surface area (Å²) in [6, 6.07) is 0. The first kappa shape index (κ1) is 19.2. The van der Waals surface area contributed by atoms with Gasteiger partial charge in [0, 0.05) is 5.97 Å². The molecule has 0 atom stereocenters. The highest BCUT2D eigenvalue weighted by Gasteiger charge is 1.76. The van der Waals surface area contributed by atoms with E-state index in [2.05, 4.69) is 32.5 Å². The molecule has 0 saturated heterocycles. The Morgan fingerprint density at radius 3 is 1.33 bits per heavy atom. The minimum atomic E-state index is -1.19. The second kappa shape index (κ2) is 12.6. The molecular formula is C10H19NO4-2. The van der Waals surface area contributed by atoms with Crippen molar-refractivity contribution < 1.29 is 19.8 Å². The van der Waals surface area contributed by atoms with E-state index in [4.69, 9.17) is 9.90 Å². The maximum absolute atomic E-state index is 9.49. The van der Waals surface area contributed by atoms with Crippen LogP contribution in [0, 0.1) is 0 Å². The van der Waals surface area contributed by atoms with Crippen molar-refractivity contribution in [3.63, 3.8) is 0 Å². The Bertz CT molecular complexity index is 184. The summed E-state index contributed by atoms with van der Waals surface area (Å²) in [5.74, 6) is -2.27. The first-order valence-corrected chi connectivity index (χ1v) is 4.34. The third-order valence-corrected chi connectivity index (χ3v) is 0.981. The Morgan fingerprint density at radius 2 is 1.33 bits per heavy atom.